The molecule has 68 valence electrons. The summed E-state index contributed by atoms with van der Waals surface area (Å²) in [5.74, 6) is -1.05. The fourth-order valence-corrected chi connectivity index (χ4v) is 1.30. The number of hydrogen-bond donors (Lipinski definition) is 1. The topological polar surface area (TPSA) is 46.5 Å². The van der Waals surface area contributed by atoms with E-state index in [0.29, 0.717) is 5.75 Å². The van der Waals surface area contributed by atoms with Crippen LogP contribution in [0.2, 0.25) is 0 Å². The number of carbonyl (C=O) groups excluding carboxylic acids is 1. The van der Waals surface area contributed by atoms with Crippen LogP contribution >= 0.6 is 0 Å². The summed E-state index contributed by atoms with van der Waals surface area (Å²) in [6.45, 7) is -0.0167. The molecule has 4 heteroatoms. The molecule has 0 atom stereocenters. The molecular formula is C9H7FO3. The van der Waals surface area contributed by atoms with E-state index in [2.05, 4.69) is 0 Å². The normalized spacial score (nSPS) is 15.0. The Kier molecular flexibility index (Phi) is 1.69. The largest absolute Gasteiger partial charge is 0.505 e. The van der Waals surface area contributed by atoms with Crippen LogP contribution in [0.5, 0.6) is 11.5 Å². The van der Waals surface area contributed by atoms with Gasteiger partial charge in [-0.2, -0.15) is 0 Å². The van der Waals surface area contributed by atoms with Gasteiger partial charge in [-0.25, -0.2) is 4.39 Å². The van der Waals surface area contributed by atoms with Crippen molar-refractivity contribution in [1.29, 1.82) is 0 Å². The summed E-state index contributed by atoms with van der Waals surface area (Å²) in [6.07, 6.45) is -0.00440. The predicted molar refractivity (Wildman–Crippen MR) is 42.3 cm³/mol. The number of carbonyl (C=O) groups is 1. The number of Topliss-reactive ketones (excluding diaryl/α,β-unsaturated/α-hetero) is 1. The van der Waals surface area contributed by atoms with Crippen molar-refractivity contribution in [3.63, 3.8) is 0 Å². The number of phenols is 1. The lowest BCUT2D eigenvalue weighted by Gasteiger charge is -2.16. The number of halogens is 1. The number of aromatic hydroxyl groups is 1. The third-order valence-electron chi connectivity index (χ3n) is 1.94. The van der Waals surface area contributed by atoms with Gasteiger partial charge in [0, 0.05) is 12.0 Å². The molecule has 1 aromatic rings. The number of benzene rings is 1. The van der Waals surface area contributed by atoms with Gasteiger partial charge in [0.05, 0.1) is 0 Å². The van der Waals surface area contributed by atoms with Crippen molar-refractivity contribution in [1.82, 2.24) is 0 Å². The Morgan fingerprint density at radius 1 is 1.46 bits per heavy atom. The van der Waals surface area contributed by atoms with E-state index in [9.17, 15) is 9.18 Å². The zero-order valence-corrected chi connectivity index (χ0v) is 6.71. The summed E-state index contributed by atoms with van der Waals surface area (Å²) >= 11 is 0. The minimum absolute atomic E-state index is 0.00440. The van der Waals surface area contributed by atoms with E-state index in [1.54, 1.807) is 0 Å². The quantitative estimate of drug-likeness (QED) is 0.652. The molecule has 0 amide bonds. The molecule has 1 heterocycles. The lowest BCUT2D eigenvalue weighted by atomic mass is 10.0. The summed E-state index contributed by atoms with van der Waals surface area (Å²) in [5, 5.41) is 9.02. The first-order valence-corrected chi connectivity index (χ1v) is 3.83. The van der Waals surface area contributed by atoms with Crippen molar-refractivity contribution >= 4 is 5.78 Å². The zero-order chi connectivity index (χ0) is 9.42. The molecule has 0 saturated carbocycles. The second-order valence-electron chi connectivity index (χ2n) is 2.88. The minimum Gasteiger partial charge on any atom is -0.505 e. The first-order valence-electron chi connectivity index (χ1n) is 3.83. The first kappa shape index (κ1) is 8.04. The fourth-order valence-electron chi connectivity index (χ4n) is 1.30. The predicted octanol–water partition coefficient (Wildman–Crippen LogP) is 1.04. The Labute approximate surface area is 73.8 Å². The summed E-state index contributed by atoms with van der Waals surface area (Å²) in [6, 6.07) is 2.67. The van der Waals surface area contributed by atoms with Gasteiger partial charge in [-0.3, -0.25) is 4.79 Å². The summed E-state index contributed by atoms with van der Waals surface area (Å²) in [5.41, 5.74) is 0.149. The van der Waals surface area contributed by atoms with Crippen LogP contribution in [0.1, 0.15) is 5.56 Å². The van der Waals surface area contributed by atoms with Crippen LogP contribution < -0.4 is 4.74 Å². The number of phenolic OH excluding ortho intramolecular Hbond substituents is 1. The molecule has 2 rings (SSSR count). The summed E-state index contributed by atoms with van der Waals surface area (Å²) < 4.78 is 18.1. The van der Waals surface area contributed by atoms with Crippen LogP contribution in [0.25, 0.3) is 0 Å². The standard InChI is InChI=1S/C9H7FO3/c10-9-6-3-5(11)4-13-8(6)2-1-7(9)12/h1-2,12H,3-4H2. The van der Waals surface area contributed by atoms with Crippen molar-refractivity contribution in [2.45, 2.75) is 6.42 Å². The maximum absolute atomic E-state index is 13.2. The van der Waals surface area contributed by atoms with Gasteiger partial charge in [0.1, 0.15) is 12.4 Å². The number of ether oxygens (including phenoxy) is 1. The highest BCUT2D eigenvalue weighted by atomic mass is 19.1. The Morgan fingerprint density at radius 3 is 3.00 bits per heavy atom. The molecule has 1 aliphatic rings. The number of rotatable bonds is 0. The van der Waals surface area contributed by atoms with Crippen molar-refractivity contribution in [3.05, 3.63) is 23.5 Å². The maximum atomic E-state index is 13.2. The molecule has 1 aliphatic heterocycles. The minimum atomic E-state index is -0.759. The second-order valence-corrected chi connectivity index (χ2v) is 2.88. The highest BCUT2D eigenvalue weighted by Crippen LogP contribution is 2.30. The number of fused-ring (bicyclic) bond motifs is 1. The molecule has 3 nitrogen and oxygen atoms in total. The molecule has 0 aromatic heterocycles. The molecular weight excluding hydrogens is 175 g/mol. The lowest BCUT2D eigenvalue weighted by molar-refractivity contribution is -0.121. The average Bonchev–Trinajstić information content (AvgIpc) is 2.12. The van der Waals surface area contributed by atoms with E-state index in [4.69, 9.17) is 9.84 Å². The Hall–Kier alpha value is -1.58. The van der Waals surface area contributed by atoms with Crippen molar-refractivity contribution < 1.29 is 19.0 Å². The van der Waals surface area contributed by atoms with Crippen LogP contribution in [0.3, 0.4) is 0 Å². The highest BCUT2D eigenvalue weighted by Gasteiger charge is 2.21. The van der Waals surface area contributed by atoms with E-state index in [1.807, 2.05) is 0 Å². The molecule has 0 bridgehead atoms. The third-order valence-corrected chi connectivity index (χ3v) is 1.94. The number of hydrogen-bond acceptors (Lipinski definition) is 3. The monoisotopic (exact) mass is 182 g/mol. The smallest absolute Gasteiger partial charge is 0.174 e. The molecule has 1 aromatic carbocycles. The maximum Gasteiger partial charge on any atom is 0.174 e. The molecule has 0 spiro atoms. The van der Waals surface area contributed by atoms with Gasteiger partial charge in [-0.05, 0) is 12.1 Å². The fraction of sp³-hybridized carbons (Fsp3) is 0.222. The zero-order valence-electron chi connectivity index (χ0n) is 6.71. The summed E-state index contributed by atoms with van der Waals surface area (Å²) in [4.78, 5) is 10.9. The van der Waals surface area contributed by atoms with Crippen LogP contribution in [0, 0.1) is 5.82 Å². The molecule has 0 unspecified atom stereocenters. The van der Waals surface area contributed by atoms with Crippen LogP contribution in [0.4, 0.5) is 4.39 Å². The number of ketones is 1. The van der Waals surface area contributed by atoms with Gasteiger partial charge < -0.3 is 9.84 Å². The van der Waals surface area contributed by atoms with E-state index < -0.39 is 11.6 Å². The van der Waals surface area contributed by atoms with E-state index in [0.717, 1.165) is 0 Å². The Balaban J connectivity index is 2.54. The Bertz CT molecular complexity index is 373. The van der Waals surface area contributed by atoms with Gasteiger partial charge in [-0.15, -0.1) is 0 Å². The van der Waals surface area contributed by atoms with E-state index >= 15 is 0 Å². The molecule has 0 aliphatic carbocycles. The Morgan fingerprint density at radius 2 is 2.23 bits per heavy atom. The average molecular weight is 182 g/mol. The molecule has 0 fully saturated rings. The van der Waals surface area contributed by atoms with Gasteiger partial charge in [0.2, 0.25) is 0 Å². The van der Waals surface area contributed by atoms with Gasteiger partial charge >= 0.3 is 0 Å². The van der Waals surface area contributed by atoms with E-state index in [-0.39, 0.29) is 24.4 Å². The van der Waals surface area contributed by atoms with Crippen molar-refractivity contribution in [2.24, 2.45) is 0 Å². The molecule has 0 saturated heterocycles. The highest BCUT2D eigenvalue weighted by molar-refractivity contribution is 5.84. The SMILES string of the molecule is O=C1COc2ccc(O)c(F)c2C1. The molecule has 0 radical (unpaired) electrons. The van der Waals surface area contributed by atoms with Gasteiger partial charge in [-0.1, -0.05) is 0 Å². The first-order chi connectivity index (χ1) is 6.18. The van der Waals surface area contributed by atoms with Crippen LogP contribution in [-0.4, -0.2) is 17.5 Å². The summed E-state index contributed by atoms with van der Waals surface area (Å²) in [7, 11) is 0. The molecule has 13 heavy (non-hydrogen) atoms. The van der Waals surface area contributed by atoms with E-state index in [1.165, 1.54) is 12.1 Å². The second kappa shape index (κ2) is 2.73. The third kappa shape index (κ3) is 1.24. The molecule has 1 N–H and O–H groups in total. The van der Waals surface area contributed by atoms with Crippen LogP contribution in [-0.2, 0) is 11.2 Å². The lowest BCUT2D eigenvalue weighted by Crippen LogP contribution is -2.21. The van der Waals surface area contributed by atoms with Crippen molar-refractivity contribution in [3.8, 4) is 11.5 Å². The van der Waals surface area contributed by atoms with Gasteiger partial charge in [0.25, 0.3) is 0 Å². The van der Waals surface area contributed by atoms with Crippen molar-refractivity contribution in [2.75, 3.05) is 6.61 Å². The van der Waals surface area contributed by atoms with Crippen LogP contribution in [0.15, 0.2) is 12.1 Å². The van der Waals surface area contributed by atoms with Gasteiger partial charge in [0.15, 0.2) is 17.3 Å².